The highest BCUT2D eigenvalue weighted by Crippen LogP contribution is 2.39. The van der Waals surface area contributed by atoms with Crippen molar-refractivity contribution in [3.8, 4) is 0 Å². The van der Waals surface area contributed by atoms with Gasteiger partial charge in [-0.15, -0.1) is 24.0 Å². The number of piperidine rings is 2. The predicted molar refractivity (Wildman–Crippen MR) is 139 cm³/mol. The molecule has 1 saturated carbocycles. The fourth-order valence-corrected chi connectivity index (χ4v) is 5.72. The number of guanidine groups is 1. The van der Waals surface area contributed by atoms with Crippen LogP contribution in [0.5, 0.6) is 0 Å². The second kappa shape index (κ2) is 12.0. The third kappa shape index (κ3) is 6.47. The van der Waals surface area contributed by atoms with Gasteiger partial charge in [0.05, 0.1) is 5.41 Å². The van der Waals surface area contributed by atoms with Gasteiger partial charge in [0.1, 0.15) is 0 Å². The summed E-state index contributed by atoms with van der Waals surface area (Å²) in [5.74, 6) is 1.09. The molecule has 0 unspecified atom stereocenters. The van der Waals surface area contributed by atoms with Gasteiger partial charge in [-0.2, -0.15) is 0 Å². The molecule has 8 heteroatoms. The number of aliphatic imine (C=N–C) groups is 1. The van der Waals surface area contributed by atoms with Crippen molar-refractivity contribution >= 4 is 35.8 Å². The van der Waals surface area contributed by atoms with E-state index in [0.29, 0.717) is 6.54 Å². The van der Waals surface area contributed by atoms with Gasteiger partial charge in [-0.05, 0) is 71.8 Å². The largest absolute Gasteiger partial charge is 0.355 e. The Kier molecular flexibility index (Phi) is 10.3. The summed E-state index contributed by atoms with van der Waals surface area (Å²) < 4.78 is 0. The lowest BCUT2D eigenvalue weighted by atomic mass is 9.84. The molecule has 180 valence electrons. The smallest absolute Gasteiger partial charge is 0.230 e. The molecule has 0 radical (unpaired) electrons. The molecule has 7 nitrogen and oxygen atoms in total. The van der Waals surface area contributed by atoms with E-state index in [4.69, 9.17) is 0 Å². The van der Waals surface area contributed by atoms with Gasteiger partial charge in [-0.1, -0.05) is 19.3 Å². The normalized spacial score (nSPS) is 24.3. The van der Waals surface area contributed by atoms with E-state index in [0.717, 1.165) is 51.3 Å². The van der Waals surface area contributed by atoms with Gasteiger partial charge in [0.25, 0.3) is 0 Å². The van der Waals surface area contributed by atoms with Crippen LogP contribution in [0.1, 0.15) is 57.8 Å². The SMILES string of the molecule is CN=C(NCC1(C(=O)N(C)C)CCCC1)NCC1(N2CCCCC2)CCN(C)CC1.I. The topological polar surface area (TPSA) is 63.2 Å². The second-order valence-corrected chi connectivity index (χ2v) is 10.0. The fraction of sp³-hybridized carbons (Fsp3) is 0.913. The van der Waals surface area contributed by atoms with Crippen molar-refractivity contribution in [2.45, 2.75) is 63.3 Å². The molecule has 2 N–H and O–H groups in total. The number of rotatable bonds is 6. The Bertz CT molecular complexity index is 591. The van der Waals surface area contributed by atoms with Crippen LogP contribution in [0.3, 0.4) is 0 Å². The zero-order chi connectivity index (χ0) is 21.6. The minimum Gasteiger partial charge on any atom is -0.355 e. The summed E-state index contributed by atoms with van der Waals surface area (Å²) in [4.78, 5) is 24.3. The molecule has 2 saturated heterocycles. The first-order valence-corrected chi connectivity index (χ1v) is 12.0. The number of hydrogen-bond donors (Lipinski definition) is 2. The van der Waals surface area contributed by atoms with Gasteiger partial charge in [0.15, 0.2) is 5.96 Å². The van der Waals surface area contributed by atoms with Crippen LogP contribution in [0, 0.1) is 5.41 Å². The number of halogens is 1. The van der Waals surface area contributed by atoms with Crippen molar-refractivity contribution in [3.05, 3.63) is 0 Å². The van der Waals surface area contributed by atoms with Crippen molar-refractivity contribution < 1.29 is 4.79 Å². The monoisotopic (exact) mass is 548 g/mol. The van der Waals surface area contributed by atoms with Crippen molar-refractivity contribution in [1.82, 2.24) is 25.3 Å². The van der Waals surface area contributed by atoms with Crippen LogP contribution in [0.2, 0.25) is 0 Å². The molecule has 3 aliphatic rings. The molecule has 31 heavy (non-hydrogen) atoms. The number of likely N-dealkylation sites (tertiary alicyclic amines) is 2. The van der Waals surface area contributed by atoms with Crippen molar-refractivity contribution in [3.63, 3.8) is 0 Å². The minimum absolute atomic E-state index is 0. The Balaban J connectivity index is 0.00000341. The highest BCUT2D eigenvalue weighted by Gasteiger charge is 2.43. The molecule has 0 aromatic rings. The van der Waals surface area contributed by atoms with Crippen molar-refractivity contribution in [2.24, 2.45) is 10.4 Å². The maximum atomic E-state index is 12.9. The van der Waals surface area contributed by atoms with Gasteiger partial charge in [0, 0.05) is 39.8 Å². The number of amides is 1. The summed E-state index contributed by atoms with van der Waals surface area (Å²) in [6.45, 7) is 6.35. The van der Waals surface area contributed by atoms with E-state index < -0.39 is 0 Å². The van der Waals surface area contributed by atoms with E-state index in [1.165, 1.54) is 45.2 Å². The van der Waals surface area contributed by atoms with Gasteiger partial charge in [-0.25, -0.2) is 0 Å². The van der Waals surface area contributed by atoms with Gasteiger partial charge in [0.2, 0.25) is 5.91 Å². The van der Waals surface area contributed by atoms with Crippen LogP contribution in [-0.4, -0.2) is 99.6 Å². The Morgan fingerprint density at radius 3 is 2.03 bits per heavy atom. The molecular weight excluding hydrogens is 503 g/mol. The van der Waals surface area contributed by atoms with E-state index in [-0.39, 0.29) is 40.8 Å². The first kappa shape index (κ1) is 26.6. The number of nitrogens with zero attached hydrogens (tertiary/aromatic N) is 4. The predicted octanol–water partition coefficient (Wildman–Crippen LogP) is 2.37. The molecule has 3 rings (SSSR count). The first-order chi connectivity index (χ1) is 14.4. The number of nitrogens with one attached hydrogen (secondary N) is 2. The van der Waals surface area contributed by atoms with E-state index >= 15 is 0 Å². The molecular formula is C23H45IN6O. The quantitative estimate of drug-likeness (QED) is 0.303. The number of carbonyl (C=O) groups is 1. The number of hydrogen-bond acceptors (Lipinski definition) is 4. The molecule has 3 fully saturated rings. The molecule has 1 amide bonds. The van der Waals surface area contributed by atoms with Crippen LogP contribution in [0.4, 0.5) is 0 Å². The van der Waals surface area contributed by atoms with Crippen LogP contribution in [0.15, 0.2) is 4.99 Å². The Hall–Kier alpha value is -0.610. The summed E-state index contributed by atoms with van der Waals surface area (Å²) in [6.07, 6.45) is 10.6. The van der Waals surface area contributed by atoms with Crippen molar-refractivity contribution in [1.29, 1.82) is 0 Å². The lowest BCUT2D eigenvalue weighted by molar-refractivity contribution is -0.138. The molecule has 0 spiro atoms. The maximum Gasteiger partial charge on any atom is 0.230 e. The second-order valence-electron chi connectivity index (χ2n) is 10.0. The average Bonchev–Trinajstić information content (AvgIpc) is 3.25. The standard InChI is InChI=1S/C23H44N6O.HI/c1-24-21(25-18-22(10-6-7-11-22)20(30)27(2)3)26-19-23(12-16-28(4)17-13-23)29-14-8-5-9-15-29;/h5-19H2,1-4H3,(H2,24,25,26);1H. The third-order valence-electron chi connectivity index (χ3n) is 7.77. The van der Waals surface area contributed by atoms with E-state index in [2.05, 4.69) is 32.5 Å². The summed E-state index contributed by atoms with van der Waals surface area (Å²) in [7, 11) is 7.82. The zero-order valence-corrected chi connectivity index (χ0v) is 22.5. The fourth-order valence-electron chi connectivity index (χ4n) is 5.72. The van der Waals surface area contributed by atoms with Gasteiger partial charge < -0.3 is 20.4 Å². The summed E-state index contributed by atoms with van der Waals surface area (Å²) in [5, 5.41) is 7.17. The minimum atomic E-state index is -0.279. The molecule has 0 atom stereocenters. The lowest BCUT2D eigenvalue weighted by Gasteiger charge is -2.50. The highest BCUT2D eigenvalue weighted by atomic mass is 127. The van der Waals surface area contributed by atoms with Crippen molar-refractivity contribution in [2.75, 3.05) is 67.5 Å². The van der Waals surface area contributed by atoms with Crippen LogP contribution >= 0.6 is 24.0 Å². The number of carbonyl (C=O) groups excluding carboxylic acids is 1. The Morgan fingerprint density at radius 1 is 0.903 bits per heavy atom. The van der Waals surface area contributed by atoms with Crippen LogP contribution < -0.4 is 10.6 Å². The average molecular weight is 549 g/mol. The highest BCUT2D eigenvalue weighted by molar-refractivity contribution is 14.0. The van der Waals surface area contributed by atoms with E-state index in [1.54, 1.807) is 4.90 Å². The molecule has 1 aliphatic carbocycles. The van der Waals surface area contributed by atoms with E-state index in [1.807, 2.05) is 21.1 Å². The van der Waals surface area contributed by atoms with Gasteiger partial charge in [-0.3, -0.25) is 14.7 Å². The first-order valence-electron chi connectivity index (χ1n) is 12.0. The summed E-state index contributed by atoms with van der Waals surface area (Å²) >= 11 is 0. The maximum absolute atomic E-state index is 12.9. The Morgan fingerprint density at radius 2 is 1.48 bits per heavy atom. The molecule has 2 heterocycles. The zero-order valence-electron chi connectivity index (χ0n) is 20.2. The van der Waals surface area contributed by atoms with E-state index in [9.17, 15) is 4.79 Å². The molecule has 0 bridgehead atoms. The summed E-state index contributed by atoms with van der Waals surface area (Å²) in [6, 6.07) is 0. The summed E-state index contributed by atoms with van der Waals surface area (Å²) in [5.41, 5.74) is -0.0612. The van der Waals surface area contributed by atoms with Crippen LogP contribution in [0.25, 0.3) is 0 Å². The molecule has 0 aromatic carbocycles. The lowest BCUT2D eigenvalue weighted by Crippen LogP contribution is -2.62. The van der Waals surface area contributed by atoms with Gasteiger partial charge >= 0.3 is 0 Å². The molecule has 2 aliphatic heterocycles. The van der Waals surface area contributed by atoms with Crippen LogP contribution in [-0.2, 0) is 4.79 Å². The third-order valence-corrected chi connectivity index (χ3v) is 7.77. The molecule has 0 aromatic heterocycles. The Labute approximate surface area is 206 Å².